The van der Waals surface area contributed by atoms with Crippen LogP contribution in [0, 0.1) is 0 Å². The summed E-state index contributed by atoms with van der Waals surface area (Å²) in [5.41, 5.74) is 4.72. The minimum absolute atomic E-state index is 0.0491. The summed E-state index contributed by atoms with van der Waals surface area (Å²) in [6, 6.07) is 4.18. The van der Waals surface area contributed by atoms with Crippen LogP contribution in [-0.2, 0) is 10.7 Å². The maximum Gasteiger partial charge on any atom is 0.274 e. The number of carbonyl (C=O) groups is 1. The molecule has 6 heteroatoms. The van der Waals surface area contributed by atoms with Crippen molar-refractivity contribution in [3.8, 4) is 5.75 Å². The van der Waals surface area contributed by atoms with Crippen LogP contribution in [0.2, 0.25) is 0 Å². The lowest BCUT2D eigenvalue weighted by Gasteiger charge is -2.19. The molecule has 0 spiro atoms. The van der Waals surface area contributed by atoms with Gasteiger partial charge in [0.15, 0.2) is 6.10 Å². The molecule has 0 aliphatic heterocycles. The maximum absolute atomic E-state index is 13.3. The number of benzene rings is 1. The van der Waals surface area contributed by atoms with E-state index >= 15 is 0 Å². The van der Waals surface area contributed by atoms with Crippen molar-refractivity contribution in [2.24, 2.45) is 5.73 Å². The zero-order chi connectivity index (χ0) is 13.2. The Morgan fingerprint density at radius 2 is 2.12 bits per heavy atom. The molecule has 94 valence electrons. The molecule has 0 radical (unpaired) electrons. The van der Waals surface area contributed by atoms with E-state index in [4.69, 9.17) is 10.5 Å². The van der Waals surface area contributed by atoms with Gasteiger partial charge in [0.25, 0.3) is 11.8 Å². The molecular weight excluding hydrogens is 296 g/mol. The van der Waals surface area contributed by atoms with E-state index in [9.17, 15) is 13.6 Å². The number of primary amides is 1. The molecule has 0 saturated carbocycles. The molecule has 0 bridgehead atoms. The standard InChI is InChI=1S/C11H12BrF2NO2/c1-6(10(15)16)17-9-4-3-7(12)5-8(9)11(2,13)14/h3-6H,1-2H3,(H2,15,16). The molecule has 0 aromatic heterocycles. The van der Waals surface area contributed by atoms with Crippen molar-refractivity contribution in [1.82, 2.24) is 0 Å². The second-order valence-electron chi connectivity index (χ2n) is 3.69. The van der Waals surface area contributed by atoms with Crippen LogP contribution >= 0.6 is 15.9 Å². The van der Waals surface area contributed by atoms with Crippen molar-refractivity contribution in [3.05, 3.63) is 28.2 Å². The number of halogens is 3. The SMILES string of the molecule is CC(Oc1ccc(Br)cc1C(C)(F)F)C(N)=O. The summed E-state index contributed by atoms with van der Waals surface area (Å²) in [6.45, 7) is 2.17. The Balaban J connectivity index is 3.11. The van der Waals surface area contributed by atoms with Gasteiger partial charge in [0, 0.05) is 11.4 Å². The number of carbonyl (C=O) groups excluding carboxylic acids is 1. The highest BCUT2D eigenvalue weighted by molar-refractivity contribution is 9.10. The van der Waals surface area contributed by atoms with Gasteiger partial charge in [-0.25, -0.2) is 8.78 Å². The van der Waals surface area contributed by atoms with Crippen LogP contribution in [0.4, 0.5) is 8.78 Å². The molecule has 1 atom stereocenters. The summed E-state index contributed by atoms with van der Waals surface area (Å²) < 4.78 is 32.3. The number of alkyl halides is 2. The van der Waals surface area contributed by atoms with Gasteiger partial charge in [0.05, 0.1) is 5.56 Å². The van der Waals surface area contributed by atoms with E-state index in [1.165, 1.54) is 19.1 Å². The van der Waals surface area contributed by atoms with Crippen LogP contribution in [0.15, 0.2) is 22.7 Å². The molecule has 1 unspecified atom stereocenters. The monoisotopic (exact) mass is 307 g/mol. The Hall–Kier alpha value is -1.17. The third-order valence-electron chi connectivity index (χ3n) is 2.12. The minimum atomic E-state index is -3.06. The van der Waals surface area contributed by atoms with E-state index < -0.39 is 17.9 Å². The molecule has 3 nitrogen and oxygen atoms in total. The highest BCUT2D eigenvalue weighted by atomic mass is 79.9. The number of hydrogen-bond donors (Lipinski definition) is 1. The van der Waals surface area contributed by atoms with Crippen LogP contribution in [0.25, 0.3) is 0 Å². The van der Waals surface area contributed by atoms with Gasteiger partial charge in [-0.05, 0) is 25.1 Å². The fraction of sp³-hybridized carbons (Fsp3) is 0.364. The largest absolute Gasteiger partial charge is 0.480 e. The quantitative estimate of drug-likeness (QED) is 0.930. The highest BCUT2D eigenvalue weighted by Gasteiger charge is 2.29. The molecule has 2 N–H and O–H groups in total. The fourth-order valence-corrected chi connectivity index (χ4v) is 1.56. The molecule has 1 aromatic rings. The number of hydrogen-bond acceptors (Lipinski definition) is 2. The normalized spacial score (nSPS) is 13.2. The molecule has 1 rings (SSSR count). The number of nitrogens with two attached hydrogens (primary N) is 1. The third-order valence-corrected chi connectivity index (χ3v) is 2.61. The third kappa shape index (κ3) is 3.66. The molecule has 1 amide bonds. The van der Waals surface area contributed by atoms with Crippen LogP contribution < -0.4 is 10.5 Å². The molecule has 0 aliphatic carbocycles. The van der Waals surface area contributed by atoms with Crippen LogP contribution in [0.1, 0.15) is 19.4 Å². The van der Waals surface area contributed by atoms with E-state index in [-0.39, 0.29) is 11.3 Å². The predicted octanol–water partition coefficient (Wildman–Crippen LogP) is 2.81. The van der Waals surface area contributed by atoms with Gasteiger partial charge in [-0.2, -0.15) is 0 Å². The zero-order valence-corrected chi connectivity index (χ0v) is 10.9. The lowest BCUT2D eigenvalue weighted by molar-refractivity contribution is -0.124. The highest BCUT2D eigenvalue weighted by Crippen LogP contribution is 2.36. The second-order valence-corrected chi connectivity index (χ2v) is 4.61. The summed E-state index contributed by atoms with van der Waals surface area (Å²) >= 11 is 3.10. The van der Waals surface area contributed by atoms with Crippen molar-refractivity contribution < 1.29 is 18.3 Å². The first-order valence-corrected chi connectivity index (χ1v) is 5.65. The summed E-state index contributed by atoms with van der Waals surface area (Å²) in [5, 5.41) is 0. The van der Waals surface area contributed by atoms with Crippen LogP contribution in [0.3, 0.4) is 0 Å². The minimum Gasteiger partial charge on any atom is -0.480 e. The molecule has 1 aromatic carbocycles. The smallest absolute Gasteiger partial charge is 0.274 e. The van der Waals surface area contributed by atoms with Crippen molar-refractivity contribution in [1.29, 1.82) is 0 Å². The number of rotatable bonds is 4. The van der Waals surface area contributed by atoms with E-state index in [0.29, 0.717) is 4.47 Å². The van der Waals surface area contributed by atoms with Gasteiger partial charge in [0.2, 0.25) is 0 Å². The van der Waals surface area contributed by atoms with Gasteiger partial charge in [-0.3, -0.25) is 4.79 Å². The van der Waals surface area contributed by atoms with Crippen molar-refractivity contribution >= 4 is 21.8 Å². The van der Waals surface area contributed by atoms with E-state index in [0.717, 1.165) is 6.92 Å². The van der Waals surface area contributed by atoms with Gasteiger partial charge < -0.3 is 10.5 Å². The molecule has 0 saturated heterocycles. The van der Waals surface area contributed by atoms with Crippen LogP contribution in [-0.4, -0.2) is 12.0 Å². The lowest BCUT2D eigenvalue weighted by atomic mass is 10.1. The average molecular weight is 308 g/mol. The van der Waals surface area contributed by atoms with Gasteiger partial charge in [0.1, 0.15) is 5.75 Å². The predicted molar refractivity (Wildman–Crippen MR) is 63.0 cm³/mol. The Morgan fingerprint density at radius 1 is 1.53 bits per heavy atom. The first-order valence-electron chi connectivity index (χ1n) is 4.85. The average Bonchev–Trinajstić information content (AvgIpc) is 2.18. The van der Waals surface area contributed by atoms with Gasteiger partial charge in [-0.15, -0.1) is 0 Å². The maximum atomic E-state index is 13.3. The molecule has 0 fully saturated rings. The van der Waals surface area contributed by atoms with Crippen molar-refractivity contribution in [3.63, 3.8) is 0 Å². The lowest BCUT2D eigenvalue weighted by Crippen LogP contribution is -2.31. The first-order chi connectivity index (χ1) is 7.71. The number of ether oxygens (including phenoxy) is 1. The number of amides is 1. The van der Waals surface area contributed by atoms with E-state index in [1.54, 1.807) is 6.07 Å². The van der Waals surface area contributed by atoms with E-state index in [2.05, 4.69) is 15.9 Å². The summed E-state index contributed by atoms with van der Waals surface area (Å²) in [5.74, 6) is -3.82. The molecule has 17 heavy (non-hydrogen) atoms. The van der Waals surface area contributed by atoms with E-state index in [1.807, 2.05) is 0 Å². The molecular formula is C11H12BrF2NO2. The summed E-state index contributed by atoms with van der Waals surface area (Å²) in [7, 11) is 0. The zero-order valence-electron chi connectivity index (χ0n) is 9.34. The Morgan fingerprint density at radius 3 is 2.59 bits per heavy atom. The Kier molecular flexibility index (Phi) is 4.08. The van der Waals surface area contributed by atoms with Gasteiger partial charge in [-0.1, -0.05) is 15.9 Å². The fourth-order valence-electron chi connectivity index (χ4n) is 1.20. The Labute approximate surface area is 106 Å². The van der Waals surface area contributed by atoms with Crippen molar-refractivity contribution in [2.45, 2.75) is 25.9 Å². The van der Waals surface area contributed by atoms with Crippen molar-refractivity contribution in [2.75, 3.05) is 0 Å². The first kappa shape index (κ1) is 13.9. The topological polar surface area (TPSA) is 52.3 Å². The summed E-state index contributed by atoms with van der Waals surface area (Å²) in [4.78, 5) is 10.8. The van der Waals surface area contributed by atoms with Gasteiger partial charge >= 0.3 is 0 Å². The molecule has 0 heterocycles. The van der Waals surface area contributed by atoms with Crippen LogP contribution in [0.5, 0.6) is 5.75 Å². The molecule has 0 aliphatic rings. The Bertz CT molecular complexity index is 432. The summed E-state index contributed by atoms with van der Waals surface area (Å²) in [6.07, 6.45) is -0.961. The second kappa shape index (κ2) is 5.00.